The zero-order chi connectivity index (χ0) is 17.8. The summed E-state index contributed by atoms with van der Waals surface area (Å²) in [5.41, 5.74) is 0.786. The Balaban J connectivity index is 1.79. The van der Waals surface area contributed by atoms with Gasteiger partial charge < -0.3 is 10.6 Å². The summed E-state index contributed by atoms with van der Waals surface area (Å²) in [6.07, 6.45) is 0. The van der Waals surface area contributed by atoms with Crippen molar-refractivity contribution in [2.75, 3.05) is 5.84 Å². The second-order valence-corrected chi connectivity index (χ2v) is 5.87. The average molecular weight is 366 g/mol. The van der Waals surface area contributed by atoms with Crippen molar-refractivity contribution < 1.29 is 17.9 Å². The van der Waals surface area contributed by atoms with E-state index in [0.29, 0.717) is 10.7 Å². The van der Waals surface area contributed by atoms with Crippen LogP contribution in [0.3, 0.4) is 0 Å². The highest BCUT2D eigenvalue weighted by molar-refractivity contribution is 7.98. The highest BCUT2D eigenvalue weighted by Gasteiger charge is 2.16. The number of halogens is 3. The number of hydrogen-bond donors (Lipinski definition) is 1. The number of hydrogen-bond acceptors (Lipinski definition) is 5. The molecule has 0 atom stereocenters. The molecule has 0 aliphatic carbocycles. The lowest BCUT2D eigenvalue weighted by atomic mass is 10.2. The zero-order valence-corrected chi connectivity index (χ0v) is 13.6. The second-order valence-electron chi connectivity index (χ2n) is 4.93. The molecule has 130 valence electrons. The summed E-state index contributed by atoms with van der Waals surface area (Å²) in [6, 6.07) is 12.5. The van der Waals surface area contributed by atoms with Crippen molar-refractivity contribution in [2.24, 2.45) is 0 Å². The quantitative estimate of drug-likeness (QED) is 0.532. The van der Waals surface area contributed by atoms with Crippen molar-refractivity contribution in [3.63, 3.8) is 0 Å². The van der Waals surface area contributed by atoms with Crippen LogP contribution in [0.1, 0.15) is 5.56 Å². The Labute approximate surface area is 145 Å². The fourth-order valence-electron chi connectivity index (χ4n) is 2.18. The van der Waals surface area contributed by atoms with Crippen molar-refractivity contribution >= 4 is 11.8 Å². The minimum absolute atomic E-state index is 0.0856. The molecule has 0 amide bonds. The van der Waals surface area contributed by atoms with Gasteiger partial charge in [0.1, 0.15) is 11.6 Å². The predicted octanol–water partition coefficient (Wildman–Crippen LogP) is 3.69. The SMILES string of the molecule is Nn1c(SCc2ccccc2OC(F)F)nnc1-c1ccccc1F. The van der Waals surface area contributed by atoms with Crippen molar-refractivity contribution in [3.05, 3.63) is 59.9 Å². The summed E-state index contributed by atoms with van der Waals surface area (Å²) in [5.74, 6) is 6.03. The van der Waals surface area contributed by atoms with Crippen molar-refractivity contribution in [1.29, 1.82) is 0 Å². The summed E-state index contributed by atoms with van der Waals surface area (Å²) < 4.78 is 44.4. The van der Waals surface area contributed by atoms with Gasteiger partial charge in [0.15, 0.2) is 5.82 Å². The van der Waals surface area contributed by atoms with E-state index in [4.69, 9.17) is 5.84 Å². The third-order valence-electron chi connectivity index (χ3n) is 3.32. The largest absolute Gasteiger partial charge is 0.435 e. The number of rotatable bonds is 6. The molecule has 3 aromatic rings. The first-order chi connectivity index (χ1) is 12.1. The maximum absolute atomic E-state index is 13.9. The number of nitrogens with zero attached hydrogens (tertiary/aromatic N) is 3. The summed E-state index contributed by atoms with van der Waals surface area (Å²) in [4.78, 5) is 0. The van der Waals surface area contributed by atoms with E-state index < -0.39 is 12.4 Å². The van der Waals surface area contributed by atoms with Crippen LogP contribution in [0.15, 0.2) is 53.7 Å². The van der Waals surface area contributed by atoms with E-state index in [2.05, 4.69) is 14.9 Å². The lowest BCUT2D eigenvalue weighted by molar-refractivity contribution is -0.0503. The highest BCUT2D eigenvalue weighted by Crippen LogP contribution is 2.29. The van der Waals surface area contributed by atoms with E-state index in [1.807, 2.05) is 0 Å². The number of alkyl halides is 2. The molecule has 25 heavy (non-hydrogen) atoms. The Morgan fingerprint density at radius 3 is 2.56 bits per heavy atom. The first kappa shape index (κ1) is 17.2. The van der Waals surface area contributed by atoms with Gasteiger partial charge >= 0.3 is 6.61 Å². The van der Waals surface area contributed by atoms with E-state index in [-0.39, 0.29) is 22.9 Å². The third kappa shape index (κ3) is 3.87. The molecule has 9 heteroatoms. The van der Waals surface area contributed by atoms with Crippen LogP contribution in [0, 0.1) is 5.82 Å². The maximum Gasteiger partial charge on any atom is 0.387 e. The first-order valence-corrected chi connectivity index (χ1v) is 8.15. The molecule has 0 bridgehead atoms. The molecule has 0 unspecified atom stereocenters. The molecule has 1 aromatic heterocycles. The predicted molar refractivity (Wildman–Crippen MR) is 88.2 cm³/mol. The minimum Gasteiger partial charge on any atom is -0.435 e. The van der Waals surface area contributed by atoms with E-state index in [9.17, 15) is 13.2 Å². The maximum atomic E-state index is 13.9. The van der Waals surface area contributed by atoms with Gasteiger partial charge in [-0.2, -0.15) is 8.78 Å². The molecule has 0 aliphatic heterocycles. The van der Waals surface area contributed by atoms with Gasteiger partial charge in [-0.25, -0.2) is 9.07 Å². The number of para-hydroxylation sites is 1. The summed E-state index contributed by atoms with van der Waals surface area (Å²) >= 11 is 1.18. The Kier molecular flexibility index (Phi) is 5.13. The van der Waals surface area contributed by atoms with Gasteiger partial charge in [-0.3, -0.25) is 0 Å². The number of nitrogen functional groups attached to an aromatic ring is 1. The van der Waals surface area contributed by atoms with Gasteiger partial charge in [0, 0.05) is 11.3 Å². The van der Waals surface area contributed by atoms with Crippen LogP contribution in [-0.4, -0.2) is 21.5 Å². The number of thioether (sulfide) groups is 1. The molecule has 1 heterocycles. The second kappa shape index (κ2) is 7.47. The Hall–Kier alpha value is -2.68. The number of aromatic nitrogens is 3. The lowest BCUT2D eigenvalue weighted by Crippen LogP contribution is -2.12. The van der Waals surface area contributed by atoms with Gasteiger partial charge in [-0.05, 0) is 18.2 Å². The van der Waals surface area contributed by atoms with Crippen molar-refractivity contribution in [2.45, 2.75) is 17.5 Å². The summed E-state index contributed by atoms with van der Waals surface area (Å²) in [7, 11) is 0. The van der Waals surface area contributed by atoms with E-state index >= 15 is 0 Å². The monoisotopic (exact) mass is 366 g/mol. The average Bonchev–Trinajstić information content (AvgIpc) is 2.95. The molecule has 5 nitrogen and oxygen atoms in total. The lowest BCUT2D eigenvalue weighted by Gasteiger charge is -2.10. The van der Waals surface area contributed by atoms with Crippen LogP contribution < -0.4 is 10.6 Å². The molecular weight excluding hydrogens is 353 g/mol. The number of benzene rings is 2. The fraction of sp³-hybridized carbons (Fsp3) is 0.125. The van der Waals surface area contributed by atoms with E-state index in [1.54, 1.807) is 36.4 Å². The van der Waals surface area contributed by atoms with Crippen LogP contribution >= 0.6 is 11.8 Å². The molecule has 0 aliphatic rings. The van der Waals surface area contributed by atoms with Gasteiger partial charge in [-0.1, -0.05) is 42.1 Å². The van der Waals surface area contributed by atoms with E-state index in [1.165, 1.54) is 28.6 Å². The molecule has 0 spiro atoms. The van der Waals surface area contributed by atoms with Crippen LogP contribution in [0.2, 0.25) is 0 Å². The molecule has 0 saturated carbocycles. The van der Waals surface area contributed by atoms with Crippen LogP contribution in [0.5, 0.6) is 5.75 Å². The van der Waals surface area contributed by atoms with E-state index in [0.717, 1.165) is 0 Å². The van der Waals surface area contributed by atoms with Gasteiger partial charge in [0.2, 0.25) is 5.16 Å². The topological polar surface area (TPSA) is 66.0 Å². The Morgan fingerprint density at radius 2 is 1.80 bits per heavy atom. The van der Waals surface area contributed by atoms with Gasteiger partial charge in [0.05, 0.1) is 5.56 Å². The van der Waals surface area contributed by atoms with Gasteiger partial charge in [0.25, 0.3) is 0 Å². The smallest absolute Gasteiger partial charge is 0.387 e. The summed E-state index contributed by atoms with van der Waals surface area (Å²) in [5, 5.41) is 8.16. The number of nitrogens with two attached hydrogens (primary N) is 1. The molecular formula is C16H13F3N4OS. The summed E-state index contributed by atoms with van der Waals surface area (Å²) in [6.45, 7) is -2.91. The van der Waals surface area contributed by atoms with Crippen LogP contribution in [0.4, 0.5) is 13.2 Å². The molecule has 0 saturated heterocycles. The Morgan fingerprint density at radius 1 is 1.08 bits per heavy atom. The number of ether oxygens (including phenoxy) is 1. The van der Waals surface area contributed by atoms with Crippen molar-refractivity contribution in [3.8, 4) is 17.1 Å². The van der Waals surface area contributed by atoms with Crippen LogP contribution in [0.25, 0.3) is 11.4 Å². The fourth-order valence-corrected chi connectivity index (χ4v) is 3.03. The third-order valence-corrected chi connectivity index (χ3v) is 4.32. The standard InChI is InChI=1S/C16H13F3N4OS/c17-12-7-3-2-6-11(12)14-21-22-16(23(14)20)25-9-10-5-1-4-8-13(10)24-15(18)19/h1-8,15H,9,20H2. The van der Waals surface area contributed by atoms with Gasteiger partial charge in [-0.15, -0.1) is 10.2 Å². The molecule has 3 rings (SSSR count). The minimum atomic E-state index is -2.91. The first-order valence-electron chi connectivity index (χ1n) is 7.17. The molecule has 2 aromatic carbocycles. The molecule has 0 fully saturated rings. The molecule has 2 N–H and O–H groups in total. The van der Waals surface area contributed by atoms with Crippen LogP contribution in [-0.2, 0) is 5.75 Å². The normalized spacial score (nSPS) is 11.0. The zero-order valence-electron chi connectivity index (χ0n) is 12.8. The van der Waals surface area contributed by atoms with Crippen molar-refractivity contribution in [1.82, 2.24) is 14.9 Å². The Bertz CT molecular complexity index is 872. The molecule has 0 radical (unpaired) electrons. The highest BCUT2D eigenvalue weighted by atomic mass is 32.2.